The molecule has 0 bridgehead atoms. The van der Waals surface area contributed by atoms with Crippen LogP contribution in [-0.2, 0) is 0 Å². The van der Waals surface area contributed by atoms with Gasteiger partial charge in [0.2, 0.25) is 0 Å². The molecule has 0 saturated carbocycles. The monoisotopic (exact) mass is 361 g/mol. The fourth-order valence-corrected chi connectivity index (χ4v) is 1.94. The van der Waals surface area contributed by atoms with Gasteiger partial charge in [0.25, 0.3) is 5.56 Å². The number of anilines is 2. The number of aromatic amines is 1. The Kier molecular flexibility index (Phi) is 3.68. The zero-order chi connectivity index (χ0) is 12.4. The number of nitrogens with zero attached hydrogens (tertiary/aromatic N) is 1. The molecule has 0 saturated heterocycles. The summed E-state index contributed by atoms with van der Waals surface area (Å²) in [4.78, 5) is 18.0. The van der Waals surface area contributed by atoms with E-state index in [4.69, 9.17) is 11.6 Å². The number of benzene rings is 1. The van der Waals surface area contributed by atoms with Crippen molar-refractivity contribution < 1.29 is 0 Å². The van der Waals surface area contributed by atoms with E-state index in [0.717, 1.165) is 11.3 Å². The first-order valence-electron chi connectivity index (χ1n) is 4.85. The summed E-state index contributed by atoms with van der Waals surface area (Å²) < 4.78 is 0.518. The zero-order valence-electron chi connectivity index (χ0n) is 8.92. The molecule has 1 heterocycles. The summed E-state index contributed by atoms with van der Waals surface area (Å²) in [6.45, 7) is 1.91. The molecule has 2 rings (SSSR count). The number of halogens is 2. The Labute approximate surface area is 117 Å². The van der Waals surface area contributed by atoms with Crippen LogP contribution in [0.2, 0.25) is 5.02 Å². The lowest BCUT2D eigenvalue weighted by atomic mass is 10.2. The van der Waals surface area contributed by atoms with E-state index in [1.54, 1.807) is 0 Å². The molecule has 0 aliphatic rings. The first-order valence-corrected chi connectivity index (χ1v) is 6.30. The Hall–Kier alpha value is -1.08. The van der Waals surface area contributed by atoms with Crippen LogP contribution >= 0.6 is 34.2 Å². The zero-order valence-corrected chi connectivity index (χ0v) is 11.8. The molecule has 0 aliphatic carbocycles. The van der Waals surface area contributed by atoms with Gasteiger partial charge in [-0.1, -0.05) is 17.7 Å². The minimum absolute atomic E-state index is 0.164. The average molecular weight is 362 g/mol. The van der Waals surface area contributed by atoms with Gasteiger partial charge in [-0.05, 0) is 47.2 Å². The van der Waals surface area contributed by atoms with Crippen LogP contribution in [0, 0.1) is 10.5 Å². The molecular weight excluding hydrogens is 352 g/mol. The second-order valence-corrected chi connectivity index (χ2v) is 4.92. The maximum absolute atomic E-state index is 11.4. The lowest BCUT2D eigenvalue weighted by molar-refractivity contribution is 1.10. The van der Waals surface area contributed by atoms with E-state index in [9.17, 15) is 4.79 Å². The molecule has 0 fully saturated rings. The van der Waals surface area contributed by atoms with Crippen molar-refractivity contribution in [3.63, 3.8) is 0 Å². The smallest absolute Gasteiger partial charge is 0.266 e. The number of aromatic nitrogens is 2. The lowest BCUT2D eigenvalue weighted by Crippen LogP contribution is -2.13. The summed E-state index contributed by atoms with van der Waals surface area (Å²) in [5.41, 5.74) is 1.60. The van der Waals surface area contributed by atoms with Crippen LogP contribution in [0.5, 0.6) is 0 Å². The number of hydrogen-bond donors (Lipinski definition) is 2. The Balaban J connectivity index is 2.42. The highest BCUT2D eigenvalue weighted by Crippen LogP contribution is 2.26. The Bertz CT molecular complexity index is 612. The molecule has 2 N–H and O–H groups in total. The summed E-state index contributed by atoms with van der Waals surface area (Å²) in [5.74, 6) is 0.528. The van der Waals surface area contributed by atoms with Gasteiger partial charge in [0, 0.05) is 10.7 Å². The maximum Gasteiger partial charge on any atom is 0.266 e. The third kappa shape index (κ3) is 2.61. The second-order valence-electron chi connectivity index (χ2n) is 3.43. The summed E-state index contributed by atoms with van der Waals surface area (Å²) >= 11 is 7.97. The molecule has 17 heavy (non-hydrogen) atoms. The third-order valence-corrected chi connectivity index (χ3v) is 3.73. The number of rotatable bonds is 2. The van der Waals surface area contributed by atoms with Gasteiger partial charge in [-0.2, -0.15) is 0 Å². The number of hydrogen-bond acceptors (Lipinski definition) is 3. The minimum Gasteiger partial charge on any atom is -0.339 e. The van der Waals surface area contributed by atoms with Crippen molar-refractivity contribution in [3.8, 4) is 0 Å². The van der Waals surface area contributed by atoms with E-state index < -0.39 is 0 Å². The molecule has 0 atom stereocenters. The van der Waals surface area contributed by atoms with Crippen LogP contribution in [0.3, 0.4) is 0 Å². The van der Waals surface area contributed by atoms with Gasteiger partial charge in [0.05, 0.1) is 6.33 Å². The van der Waals surface area contributed by atoms with Crippen molar-refractivity contribution in [1.29, 1.82) is 0 Å². The molecule has 2 aromatic rings. The van der Waals surface area contributed by atoms with Crippen LogP contribution in [0.15, 0.2) is 29.3 Å². The van der Waals surface area contributed by atoms with Gasteiger partial charge in [-0.15, -0.1) is 0 Å². The van der Waals surface area contributed by atoms with Crippen molar-refractivity contribution >= 4 is 45.7 Å². The largest absolute Gasteiger partial charge is 0.339 e. The molecule has 4 nitrogen and oxygen atoms in total. The first-order chi connectivity index (χ1) is 8.09. The topological polar surface area (TPSA) is 57.8 Å². The van der Waals surface area contributed by atoms with E-state index in [1.165, 1.54) is 6.33 Å². The molecule has 0 amide bonds. The maximum atomic E-state index is 11.4. The van der Waals surface area contributed by atoms with Gasteiger partial charge < -0.3 is 10.3 Å². The van der Waals surface area contributed by atoms with Crippen molar-refractivity contribution in [2.75, 3.05) is 5.32 Å². The van der Waals surface area contributed by atoms with Crippen molar-refractivity contribution in [2.45, 2.75) is 6.92 Å². The van der Waals surface area contributed by atoms with E-state index >= 15 is 0 Å². The van der Waals surface area contributed by atoms with Gasteiger partial charge in [0.15, 0.2) is 5.82 Å². The summed E-state index contributed by atoms with van der Waals surface area (Å²) in [5, 5.41) is 3.77. The van der Waals surface area contributed by atoms with Crippen LogP contribution < -0.4 is 10.9 Å². The molecule has 6 heteroatoms. The van der Waals surface area contributed by atoms with Crippen LogP contribution in [0.25, 0.3) is 0 Å². The van der Waals surface area contributed by atoms with E-state index in [1.807, 2.05) is 47.7 Å². The highest BCUT2D eigenvalue weighted by Gasteiger charge is 2.07. The van der Waals surface area contributed by atoms with E-state index in [0.29, 0.717) is 14.4 Å². The minimum atomic E-state index is -0.164. The highest BCUT2D eigenvalue weighted by atomic mass is 127. The molecule has 88 valence electrons. The Morgan fingerprint density at radius 1 is 1.47 bits per heavy atom. The fourth-order valence-electron chi connectivity index (χ4n) is 1.34. The molecule has 0 aliphatic heterocycles. The molecule has 0 unspecified atom stereocenters. The third-order valence-electron chi connectivity index (χ3n) is 2.32. The van der Waals surface area contributed by atoms with Gasteiger partial charge in [0.1, 0.15) is 3.57 Å². The standard InChI is InChI=1S/C11H9ClIN3O/c1-6-7(12)3-2-4-8(6)16-10-9(13)11(17)15-5-14-10/h2-5H,1H3,(H2,14,15,16,17). The van der Waals surface area contributed by atoms with Crippen LogP contribution in [0.1, 0.15) is 5.56 Å². The van der Waals surface area contributed by atoms with Gasteiger partial charge in [-0.25, -0.2) is 4.98 Å². The lowest BCUT2D eigenvalue weighted by Gasteiger charge is -2.10. The van der Waals surface area contributed by atoms with Crippen molar-refractivity contribution in [1.82, 2.24) is 9.97 Å². The summed E-state index contributed by atoms with van der Waals surface area (Å²) in [6, 6.07) is 5.55. The highest BCUT2D eigenvalue weighted by molar-refractivity contribution is 14.1. The number of H-pyrrole nitrogens is 1. The summed E-state index contributed by atoms with van der Waals surface area (Å²) in [7, 11) is 0. The fraction of sp³-hybridized carbons (Fsp3) is 0.0909. The van der Waals surface area contributed by atoms with E-state index in [2.05, 4.69) is 15.3 Å². The molecule has 1 aromatic carbocycles. The molecular formula is C11H9ClIN3O. The van der Waals surface area contributed by atoms with Crippen LogP contribution in [-0.4, -0.2) is 9.97 Å². The quantitative estimate of drug-likeness (QED) is 0.808. The number of nitrogens with one attached hydrogen (secondary N) is 2. The van der Waals surface area contributed by atoms with Crippen molar-refractivity contribution in [3.05, 3.63) is 49.0 Å². The van der Waals surface area contributed by atoms with Crippen LogP contribution in [0.4, 0.5) is 11.5 Å². The van der Waals surface area contributed by atoms with Gasteiger partial charge >= 0.3 is 0 Å². The normalized spacial score (nSPS) is 10.3. The predicted molar refractivity (Wildman–Crippen MR) is 77.0 cm³/mol. The average Bonchev–Trinajstić information content (AvgIpc) is 2.31. The van der Waals surface area contributed by atoms with Gasteiger partial charge in [-0.3, -0.25) is 4.79 Å². The Morgan fingerprint density at radius 3 is 3.00 bits per heavy atom. The van der Waals surface area contributed by atoms with Crippen molar-refractivity contribution in [2.24, 2.45) is 0 Å². The Morgan fingerprint density at radius 2 is 2.24 bits per heavy atom. The van der Waals surface area contributed by atoms with E-state index in [-0.39, 0.29) is 5.56 Å². The second kappa shape index (κ2) is 5.05. The summed E-state index contributed by atoms with van der Waals surface area (Å²) in [6.07, 6.45) is 1.37. The molecule has 0 spiro atoms. The predicted octanol–water partition coefficient (Wildman–Crippen LogP) is 3.08. The first kappa shape index (κ1) is 12.4. The molecule has 0 radical (unpaired) electrons. The SMILES string of the molecule is Cc1c(Cl)cccc1Nc1nc[nH]c(=O)c1I. The molecule has 1 aromatic heterocycles.